The maximum atomic E-state index is 14.1. The lowest BCUT2D eigenvalue weighted by molar-refractivity contribution is -0.124. The van der Waals surface area contributed by atoms with Gasteiger partial charge in [0.15, 0.2) is 23.1 Å². The van der Waals surface area contributed by atoms with Crippen LogP contribution in [0.15, 0.2) is 67.0 Å². The second-order valence-corrected chi connectivity index (χ2v) is 10.1. The quantitative estimate of drug-likeness (QED) is 0.259. The van der Waals surface area contributed by atoms with E-state index in [1.807, 2.05) is 4.90 Å². The molecule has 2 saturated heterocycles. The van der Waals surface area contributed by atoms with Crippen molar-refractivity contribution >= 4 is 17.5 Å². The number of hydrogen-bond acceptors (Lipinski definition) is 6. The molecule has 2 aromatic carbocycles. The summed E-state index contributed by atoms with van der Waals surface area (Å²) in [5.74, 6) is -5.14. The number of hydrogen-bond donors (Lipinski definition) is 1. The van der Waals surface area contributed by atoms with Gasteiger partial charge in [-0.3, -0.25) is 14.6 Å². The van der Waals surface area contributed by atoms with Crippen molar-refractivity contribution in [3.05, 3.63) is 90.1 Å². The largest absolute Gasteiger partial charge is 0.435 e. The molecule has 6 rings (SSSR count). The zero-order valence-corrected chi connectivity index (χ0v) is 22.3. The van der Waals surface area contributed by atoms with Crippen molar-refractivity contribution in [2.24, 2.45) is 0 Å². The third kappa shape index (κ3) is 5.13. The summed E-state index contributed by atoms with van der Waals surface area (Å²) >= 11 is 0. The number of anilines is 1. The highest BCUT2D eigenvalue weighted by molar-refractivity contribution is 5.96. The van der Waals surface area contributed by atoms with Crippen molar-refractivity contribution in [2.75, 3.05) is 24.7 Å². The van der Waals surface area contributed by atoms with E-state index in [2.05, 4.69) is 20.1 Å². The Kier molecular flexibility index (Phi) is 7.20. The third-order valence-corrected chi connectivity index (χ3v) is 7.69. The summed E-state index contributed by atoms with van der Waals surface area (Å²) in [6, 6.07) is 12.3. The Hall–Kier alpha value is -5.01. The van der Waals surface area contributed by atoms with Crippen molar-refractivity contribution in [3.63, 3.8) is 0 Å². The number of pyridine rings is 1. The average molecular weight is 599 g/mol. The van der Waals surface area contributed by atoms with Gasteiger partial charge in [0.25, 0.3) is 5.91 Å². The molecule has 43 heavy (non-hydrogen) atoms. The van der Waals surface area contributed by atoms with Crippen LogP contribution in [0, 0.1) is 17.5 Å². The summed E-state index contributed by atoms with van der Waals surface area (Å²) in [5, 5.41) is 7.16. The number of piperidine rings is 1. The van der Waals surface area contributed by atoms with Crippen LogP contribution in [-0.2, 0) is 4.79 Å². The highest BCUT2D eigenvalue weighted by Gasteiger charge is 2.51. The van der Waals surface area contributed by atoms with Gasteiger partial charge in [-0.1, -0.05) is 0 Å². The number of alkyl halides is 2. The van der Waals surface area contributed by atoms with Crippen molar-refractivity contribution < 1.29 is 36.3 Å². The summed E-state index contributed by atoms with van der Waals surface area (Å²) < 4.78 is 72.5. The zero-order chi connectivity index (χ0) is 30.3. The van der Waals surface area contributed by atoms with Crippen LogP contribution in [0.2, 0.25) is 0 Å². The number of nitrogens with zero attached hydrogens (tertiary/aromatic N) is 5. The molecule has 9 nitrogen and oxygen atoms in total. The molecule has 1 spiro atoms. The first-order valence-corrected chi connectivity index (χ1v) is 13.2. The van der Waals surface area contributed by atoms with Crippen molar-refractivity contribution in [3.8, 4) is 22.7 Å². The normalized spacial score (nSPS) is 16.2. The fraction of sp³-hybridized carbons (Fsp3) is 0.241. The van der Waals surface area contributed by atoms with Gasteiger partial charge in [0.05, 0.1) is 18.1 Å². The first-order valence-electron chi connectivity index (χ1n) is 13.2. The lowest BCUT2D eigenvalue weighted by Crippen LogP contribution is -2.57. The van der Waals surface area contributed by atoms with Crippen LogP contribution < -0.4 is 15.0 Å². The Morgan fingerprint density at radius 2 is 1.67 bits per heavy atom. The minimum atomic E-state index is -2.96. The number of carbonyl (C=O) groups excluding carboxylic acids is 2. The molecule has 0 unspecified atom stereocenters. The molecule has 1 N–H and O–H groups in total. The van der Waals surface area contributed by atoms with E-state index in [-0.39, 0.29) is 55.6 Å². The SMILES string of the molecule is O=C(c1cc(-c2cccnc2)n(-c2cc(F)c(F)c(F)c2)n1)N1CCC2(CC1)C(=O)NCN2c1ccc(OC(F)F)cc1. The number of likely N-dealkylation sites (tertiary alicyclic amines) is 1. The molecule has 222 valence electrons. The number of rotatable bonds is 6. The van der Waals surface area contributed by atoms with Crippen LogP contribution in [0.3, 0.4) is 0 Å². The molecule has 14 heteroatoms. The predicted octanol–water partition coefficient (Wildman–Crippen LogP) is 4.52. The number of carbonyl (C=O) groups is 2. The smallest absolute Gasteiger partial charge is 0.387 e. The molecule has 2 aromatic heterocycles. The summed E-state index contributed by atoms with van der Waals surface area (Å²) in [6.07, 6.45) is 3.56. The second-order valence-electron chi connectivity index (χ2n) is 10.1. The molecule has 0 radical (unpaired) electrons. The summed E-state index contributed by atoms with van der Waals surface area (Å²) in [5.41, 5.74) is 0.303. The van der Waals surface area contributed by atoms with E-state index >= 15 is 0 Å². The maximum Gasteiger partial charge on any atom is 0.387 e. The molecule has 0 atom stereocenters. The monoisotopic (exact) mass is 598 g/mol. The van der Waals surface area contributed by atoms with Crippen molar-refractivity contribution in [1.29, 1.82) is 0 Å². The number of ether oxygens (including phenoxy) is 1. The summed E-state index contributed by atoms with van der Waals surface area (Å²) in [4.78, 5) is 34.1. The molecular weight excluding hydrogens is 575 g/mol. The molecular formula is C29H23F5N6O3. The van der Waals surface area contributed by atoms with E-state index in [4.69, 9.17) is 0 Å². The van der Waals surface area contributed by atoms with E-state index in [1.165, 1.54) is 35.5 Å². The van der Waals surface area contributed by atoms with Gasteiger partial charge < -0.3 is 19.9 Å². The topological polar surface area (TPSA) is 92.6 Å². The van der Waals surface area contributed by atoms with Crippen LogP contribution in [0.25, 0.3) is 16.9 Å². The number of nitrogens with one attached hydrogen (secondary N) is 1. The minimum Gasteiger partial charge on any atom is -0.435 e. The van der Waals surface area contributed by atoms with Gasteiger partial charge in [0.2, 0.25) is 5.91 Å². The number of aromatic nitrogens is 3. The van der Waals surface area contributed by atoms with E-state index in [0.717, 1.165) is 16.8 Å². The van der Waals surface area contributed by atoms with E-state index < -0.39 is 35.5 Å². The van der Waals surface area contributed by atoms with E-state index in [0.29, 0.717) is 16.9 Å². The zero-order valence-electron chi connectivity index (χ0n) is 22.3. The van der Waals surface area contributed by atoms with Gasteiger partial charge in [-0.05, 0) is 55.3 Å². The highest BCUT2D eigenvalue weighted by Crippen LogP contribution is 2.37. The Bertz CT molecular complexity index is 1650. The molecule has 4 aromatic rings. The molecule has 2 aliphatic rings. The molecule has 0 aliphatic carbocycles. The number of benzene rings is 2. The summed E-state index contributed by atoms with van der Waals surface area (Å²) in [7, 11) is 0. The molecule has 0 bridgehead atoms. The van der Waals surface area contributed by atoms with Gasteiger partial charge in [0, 0.05) is 48.9 Å². The van der Waals surface area contributed by atoms with Gasteiger partial charge in [-0.25, -0.2) is 17.9 Å². The molecule has 2 aliphatic heterocycles. The highest BCUT2D eigenvalue weighted by atomic mass is 19.3. The first kappa shape index (κ1) is 28.1. The lowest BCUT2D eigenvalue weighted by Gasteiger charge is -2.43. The van der Waals surface area contributed by atoms with E-state index in [1.54, 1.807) is 24.3 Å². The maximum absolute atomic E-state index is 14.1. The first-order chi connectivity index (χ1) is 20.7. The third-order valence-electron chi connectivity index (χ3n) is 7.69. The molecule has 2 fully saturated rings. The van der Waals surface area contributed by atoms with Crippen LogP contribution in [-0.4, -0.2) is 63.4 Å². The number of halogens is 5. The predicted molar refractivity (Wildman–Crippen MR) is 143 cm³/mol. The molecule has 0 saturated carbocycles. The standard InChI is InChI=1S/C29H23F5N6O3/c30-21-12-19(13-22(31)25(21)32)40-24(17-2-1-9-35-15-17)14-23(37-40)26(41)38-10-7-29(8-11-38)27(42)36-16-39(29)18-3-5-20(6-4-18)43-28(33)34/h1-6,9,12-15,28H,7-8,10-11,16H2,(H,36,42). The number of amides is 2. The van der Waals surface area contributed by atoms with Crippen LogP contribution in [0.1, 0.15) is 23.3 Å². The van der Waals surface area contributed by atoms with Crippen LogP contribution in [0.5, 0.6) is 5.75 Å². The van der Waals surface area contributed by atoms with Crippen molar-refractivity contribution in [1.82, 2.24) is 25.0 Å². The Morgan fingerprint density at radius 1 is 0.977 bits per heavy atom. The van der Waals surface area contributed by atoms with Crippen LogP contribution in [0.4, 0.5) is 27.6 Å². The average Bonchev–Trinajstić information content (AvgIpc) is 3.58. The minimum absolute atomic E-state index is 0.0112. The fourth-order valence-corrected chi connectivity index (χ4v) is 5.54. The lowest BCUT2D eigenvalue weighted by atomic mass is 9.85. The molecule has 2 amide bonds. The Morgan fingerprint density at radius 3 is 2.30 bits per heavy atom. The van der Waals surface area contributed by atoms with Gasteiger partial charge in [-0.2, -0.15) is 13.9 Å². The van der Waals surface area contributed by atoms with Gasteiger partial charge >= 0.3 is 6.61 Å². The van der Waals surface area contributed by atoms with E-state index in [9.17, 15) is 31.5 Å². The van der Waals surface area contributed by atoms with Crippen molar-refractivity contribution in [2.45, 2.75) is 25.0 Å². The van der Waals surface area contributed by atoms with Crippen LogP contribution >= 0.6 is 0 Å². The summed E-state index contributed by atoms with van der Waals surface area (Å²) in [6.45, 7) is -2.39. The van der Waals surface area contributed by atoms with Gasteiger partial charge in [0.1, 0.15) is 11.3 Å². The fourth-order valence-electron chi connectivity index (χ4n) is 5.54. The second kappa shape index (κ2) is 11.0. The Balaban J connectivity index is 1.25. The van der Waals surface area contributed by atoms with Gasteiger partial charge in [-0.15, -0.1) is 0 Å². The molecule has 4 heterocycles. The Labute approximate surface area is 241 Å².